The fourth-order valence-corrected chi connectivity index (χ4v) is 2.58. The first-order valence-corrected chi connectivity index (χ1v) is 7.82. The van der Waals surface area contributed by atoms with E-state index in [0.29, 0.717) is 29.0 Å². The third kappa shape index (κ3) is 4.15. The van der Waals surface area contributed by atoms with Crippen LogP contribution in [0.2, 0.25) is 0 Å². The Kier molecular flexibility index (Phi) is 6.10. The van der Waals surface area contributed by atoms with Crippen LogP contribution >= 0.6 is 11.8 Å². The van der Waals surface area contributed by atoms with Gasteiger partial charge in [0.15, 0.2) is 11.5 Å². The molecule has 1 aromatic carbocycles. The van der Waals surface area contributed by atoms with Gasteiger partial charge in [-0.25, -0.2) is 0 Å². The normalized spacial score (nSPS) is 10.2. The van der Waals surface area contributed by atoms with Crippen molar-refractivity contribution in [3.05, 3.63) is 18.2 Å². The van der Waals surface area contributed by atoms with Crippen LogP contribution in [0.5, 0.6) is 11.5 Å². The molecule has 1 heterocycles. The molecule has 0 N–H and O–H groups in total. The lowest BCUT2D eigenvalue weighted by molar-refractivity contribution is 0.355. The van der Waals surface area contributed by atoms with Crippen molar-refractivity contribution in [1.82, 2.24) is 10.2 Å². The Morgan fingerprint density at radius 1 is 1.18 bits per heavy atom. The Hall–Kier alpha value is -2.20. The molecule has 0 radical (unpaired) electrons. The predicted molar refractivity (Wildman–Crippen MR) is 83.0 cm³/mol. The first-order chi connectivity index (χ1) is 10.8. The van der Waals surface area contributed by atoms with Gasteiger partial charge < -0.3 is 13.9 Å². The number of nitrogens with zero attached hydrogens (tertiary/aromatic N) is 3. The summed E-state index contributed by atoms with van der Waals surface area (Å²) in [5.41, 5.74) is 0.779. The lowest BCUT2D eigenvalue weighted by Gasteiger charge is -2.07. The Labute approximate surface area is 133 Å². The van der Waals surface area contributed by atoms with Crippen molar-refractivity contribution in [2.24, 2.45) is 0 Å². The summed E-state index contributed by atoms with van der Waals surface area (Å²) in [6.45, 7) is 0. The highest BCUT2D eigenvalue weighted by atomic mass is 32.2. The summed E-state index contributed by atoms with van der Waals surface area (Å²) < 4.78 is 16.1. The van der Waals surface area contributed by atoms with Gasteiger partial charge in [0.25, 0.3) is 5.22 Å². The van der Waals surface area contributed by atoms with Gasteiger partial charge in [0, 0.05) is 17.7 Å². The molecule has 22 heavy (non-hydrogen) atoms. The summed E-state index contributed by atoms with van der Waals surface area (Å²) >= 11 is 1.50. The second kappa shape index (κ2) is 8.29. The maximum atomic E-state index is 8.48. The molecule has 0 aliphatic heterocycles. The average Bonchev–Trinajstić information content (AvgIpc) is 3.03. The van der Waals surface area contributed by atoms with Gasteiger partial charge >= 0.3 is 0 Å². The van der Waals surface area contributed by atoms with E-state index in [1.54, 1.807) is 26.4 Å². The molecule has 6 nitrogen and oxygen atoms in total. The topological polar surface area (TPSA) is 81.2 Å². The maximum Gasteiger partial charge on any atom is 0.276 e. The smallest absolute Gasteiger partial charge is 0.276 e. The van der Waals surface area contributed by atoms with Gasteiger partial charge in [-0.15, -0.1) is 10.2 Å². The molecule has 2 aromatic rings. The Balaban J connectivity index is 2.00. The molecule has 0 spiro atoms. The molecule has 0 atom stereocenters. The highest BCUT2D eigenvalue weighted by molar-refractivity contribution is 7.99. The number of unbranched alkanes of at least 4 members (excludes halogenated alkanes) is 2. The molecule has 0 bridgehead atoms. The van der Waals surface area contributed by atoms with E-state index in [-0.39, 0.29) is 0 Å². The zero-order chi connectivity index (χ0) is 15.8. The summed E-state index contributed by atoms with van der Waals surface area (Å²) in [6.07, 6.45) is 2.42. The SMILES string of the molecule is COc1ccc(-c2nnc(SCCCCC#N)o2)cc1OC. The first-order valence-electron chi connectivity index (χ1n) is 6.84. The highest BCUT2D eigenvalue weighted by Crippen LogP contribution is 2.32. The van der Waals surface area contributed by atoms with Crippen LogP contribution in [-0.2, 0) is 0 Å². The van der Waals surface area contributed by atoms with Crippen molar-refractivity contribution in [2.45, 2.75) is 24.5 Å². The van der Waals surface area contributed by atoms with Crippen LogP contribution in [0.25, 0.3) is 11.5 Å². The van der Waals surface area contributed by atoms with Gasteiger partial charge in [0.1, 0.15) is 0 Å². The van der Waals surface area contributed by atoms with Gasteiger partial charge in [0.05, 0.1) is 20.3 Å². The zero-order valence-electron chi connectivity index (χ0n) is 12.5. The summed E-state index contributed by atoms with van der Waals surface area (Å²) in [4.78, 5) is 0. The summed E-state index contributed by atoms with van der Waals surface area (Å²) in [5, 5.41) is 17.1. The van der Waals surface area contributed by atoms with E-state index < -0.39 is 0 Å². The molecular formula is C15H17N3O3S. The van der Waals surface area contributed by atoms with Gasteiger partial charge in [-0.05, 0) is 31.0 Å². The minimum atomic E-state index is 0.445. The number of hydrogen-bond donors (Lipinski definition) is 0. The van der Waals surface area contributed by atoms with Crippen LogP contribution in [0, 0.1) is 11.3 Å². The van der Waals surface area contributed by atoms with Crippen LogP contribution in [-0.4, -0.2) is 30.2 Å². The van der Waals surface area contributed by atoms with Crippen molar-refractivity contribution in [2.75, 3.05) is 20.0 Å². The monoisotopic (exact) mass is 319 g/mol. The first kappa shape index (κ1) is 16.2. The fraction of sp³-hybridized carbons (Fsp3) is 0.400. The molecule has 1 aromatic heterocycles. The molecule has 0 aliphatic carbocycles. The van der Waals surface area contributed by atoms with Crippen molar-refractivity contribution < 1.29 is 13.9 Å². The Morgan fingerprint density at radius 2 is 2.00 bits per heavy atom. The molecule has 2 rings (SSSR count). The summed E-state index contributed by atoms with van der Waals surface area (Å²) in [5.74, 6) is 2.57. The highest BCUT2D eigenvalue weighted by Gasteiger charge is 2.12. The number of aromatic nitrogens is 2. The number of methoxy groups -OCH3 is 2. The molecule has 0 amide bonds. The minimum absolute atomic E-state index is 0.445. The van der Waals surface area contributed by atoms with Crippen molar-refractivity contribution >= 4 is 11.8 Å². The molecule has 0 saturated heterocycles. The molecule has 0 saturated carbocycles. The van der Waals surface area contributed by atoms with Gasteiger partial charge in [0.2, 0.25) is 5.89 Å². The second-order valence-corrected chi connectivity index (χ2v) is 5.45. The van der Waals surface area contributed by atoms with Gasteiger partial charge in [-0.1, -0.05) is 11.8 Å². The molecule has 0 aliphatic rings. The van der Waals surface area contributed by atoms with E-state index >= 15 is 0 Å². The standard InChI is InChI=1S/C15H17N3O3S/c1-19-12-7-6-11(10-13(12)20-2)14-17-18-15(21-14)22-9-5-3-4-8-16/h6-7,10H,3-5,9H2,1-2H3. The third-order valence-corrected chi connectivity index (χ3v) is 3.85. The van der Waals surface area contributed by atoms with Crippen LogP contribution < -0.4 is 9.47 Å². The van der Waals surface area contributed by atoms with Crippen LogP contribution in [0.1, 0.15) is 19.3 Å². The minimum Gasteiger partial charge on any atom is -0.493 e. The zero-order valence-corrected chi connectivity index (χ0v) is 13.4. The van der Waals surface area contributed by atoms with Crippen molar-refractivity contribution in [3.8, 4) is 29.0 Å². The van der Waals surface area contributed by atoms with Crippen LogP contribution in [0.3, 0.4) is 0 Å². The van der Waals surface area contributed by atoms with E-state index in [9.17, 15) is 0 Å². The largest absolute Gasteiger partial charge is 0.493 e. The number of nitriles is 1. The van der Waals surface area contributed by atoms with Crippen LogP contribution in [0.15, 0.2) is 27.8 Å². The number of benzene rings is 1. The number of hydrogen-bond acceptors (Lipinski definition) is 7. The second-order valence-electron chi connectivity index (χ2n) is 4.41. The maximum absolute atomic E-state index is 8.48. The summed E-state index contributed by atoms with van der Waals surface area (Å²) in [7, 11) is 3.17. The Morgan fingerprint density at radius 3 is 2.73 bits per heavy atom. The van der Waals surface area contributed by atoms with Crippen molar-refractivity contribution in [3.63, 3.8) is 0 Å². The van der Waals surface area contributed by atoms with E-state index in [4.69, 9.17) is 19.2 Å². The lowest BCUT2D eigenvalue weighted by Crippen LogP contribution is -1.90. The summed E-state index contributed by atoms with van der Waals surface area (Å²) in [6, 6.07) is 7.57. The number of rotatable bonds is 8. The van der Waals surface area contributed by atoms with E-state index in [0.717, 1.165) is 24.2 Å². The van der Waals surface area contributed by atoms with Gasteiger partial charge in [-0.3, -0.25) is 0 Å². The third-order valence-electron chi connectivity index (χ3n) is 2.95. The average molecular weight is 319 g/mol. The Bertz CT molecular complexity index is 652. The molecule has 7 heteroatoms. The number of ether oxygens (including phenoxy) is 2. The van der Waals surface area contributed by atoms with Crippen LogP contribution in [0.4, 0.5) is 0 Å². The van der Waals surface area contributed by atoms with Gasteiger partial charge in [-0.2, -0.15) is 5.26 Å². The molecular weight excluding hydrogens is 302 g/mol. The quantitative estimate of drug-likeness (QED) is 0.543. The number of thioether (sulfide) groups is 1. The molecule has 0 fully saturated rings. The molecule has 116 valence electrons. The van der Waals surface area contributed by atoms with E-state index in [1.165, 1.54) is 11.8 Å². The molecule has 0 unspecified atom stereocenters. The fourth-order valence-electron chi connectivity index (χ4n) is 1.82. The van der Waals surface area contributed by atoms with E-state index in [2.05, 4.69) is 16.3 Å². The van der Waals surface area contributed by atoms with E-state index in [1.807, 2.05) is 6.07 Å². The van der Waals surface area contributed by atoms with Crippen molar-refractivity contribution in [1.29, 1.82) is 5.26 Å². The predicted octanol–water partition coefficient (Wildman–Crippen LogP) is 3.54. The lowest BCUT2D eigenvalue weighted by atomic mass is 10.2.